The molecule has 2 N–H and O–H groups in total. The molecule has 0 saturated carbocycles. The normalized spacial score (nSPS) is 13.6. The van der Waals surface area contributed by atoms with Crippen molar-refractivity contribution in [3.63, 3.8) is 0 Å². The predicted octanol–water partition coefficient (Wildman–Crippen LogP) is 0.800. The highest BCUT2D eigenvalue weighted by Gasteiger charge is 2.23. The molecule has 3 heterocycles. The molecule has 110 valence electrons. The number of H-pyrrole nitrogens is 1. The Labute approximate surface area is 121 Å². The van der Waals surface area contributed by atoms with E-state index in [4.69, 9.17) is 0 Å². The Morgan fingerprint density at radius 2 is 2.14 bits per heavy atom. The van der Waals surface area contributed by atoms with E-state index >= 15 is 0 Å². The Morgan fingerprint density at radius 3 is 2.86 bits per heavy atom. The molecule has 0 radical (unpaired) electrons. The van der Waals surface area contributed by atoms with Gasteiger partial charge in [0.25, 0.3) is 10.0 Å². The van der Waals surface area contributed by atoms with Gasteiger partial charge in [-0.05, 0) is 26.0 Å². The van der Waals surface area contributed by atoms with E-state index in [-0.39, 0.29) is 5.03 Å². The summed E-state index contributed by atoms with van der Waals surface area (Å²) in [5.74, 6) is 1.06. The minimum Gasteiger partial charge on any atom is -0.332 e. The molecular weight excluding hydrogens is 292 g/mol. The van der Waals surface area contributed by atoms with Crippen LogP contribution in [0, 0.1) is 6.92 Å². The van der Waals surface area contributed by atoms with Gasteiger partial charge in [0.2, 0.25) is 0 Å². The first-order valence-electron chi connectivity index (χ1n) is 6.31. The van der Waals surface area contributed by atoms with E-state index in [0.29, 0.717) is 17.3 Å². The molecule has 3 aromatic heterocycles. The van der Waals surface area contributed by atoms with Crippen LogP contribution in [-0.4, -0.2) is 33.0 Å². The van der Waals surface area contributed by atoms with Gasteiger partial charge in [0.1, 0.15) is 5.82 Å². The molecule has 0 saturated heterocycles. The molecule has 9 heteroatoms. The van der Waals surface area contributed by atoms with Gasteiger partial charge in [0, 0.05) is 6.20 Å². The SMILES string of the molecule is Cc1ncc(S(=O)(=O)NC(C)c2nnc3ccccn23)[nH]1. The van der Waals surface area contributed by atoms with Crippen LogP contribution in [0.1, 0.15) is 24.6 Å². The number of pyridine rings is 1. The maximum atomic E-state index is 12.2. The third kappa shape index (κ3) is 2.52. The van der Waals surface area contributed by atoms with E-state index < -0.39 is 16.1 Å². The van der Waals surface area contributed by atoms with Crippen molar-refractivity contribution in [2.24, 2.45) is 0 Å². The Morgan fingerprint density at radius 1 is 1.33 bits per heavy atom. The maximum Gasteiger partial charge on any atom is 0.258 e. The molecule has 8 nitrogen and oxygen atoms in total. The van der Waals surface area contributed by atoms with Crippen LogP contribution in [0.25, 0.3) is 5.65 Å². The molecule has 0 aliphatic rings. The number of fused-ring (bicyclic) bond motifs is 1. The predicted molar refractivity (Wildman–Crippen MR) is 75.0 cm³/mol. The van der Waals surface area contributed by atoms with Gasteiger partial charge in [0.05, 0.1) is 12.2 Å². The molecule has 3 aromatic rings. The Bertz CT molecular complexity index is 882. The molecule has 21 heavy (non-hydrogen) atoms. The van der Waals surface area contributed by atoms with Gasteiger partial charge < -0.3 is 4.98 Å². The molecule has 1 atom stereocenters. The summed E-state index contributed by atoms with van der Waals surface area (Å²) in [5, 5.41) is 8.07. The summed E-state index contributed by atoms with van der Waals surface area (Å²) >= 11 is 0. The summed E-state index contributed by atoms with van der Waals surface area (Å²) in [6.45, 7) is 3.40. The second-order valence-corrected chi connectivity index (χ2v) is 6.35. The second-order valence-electron chi connectivity index (χ2n) is 4.66. The number of rotatable bonds is 4. The van der Waals surface area contributed by atoms with Gasteiger partial charge >= 0.3 is 0 Å². The third-order valence-corrected chi connectivity index (χ3v) is 4.48. The number of aromatic nitrogens is 5. The zero-order valence-corrected chi connectivity index (χ0v) is 12.3. The highest BCUT2D eigenvalue weighted by Crippen LogP contribution is 2.15. The van der Waals surface area contributed by atoms with E-state index in [1.165, 1.54) is 6.20 Å². The summed E-state index contributed by atoms with van der Waals surface area (Å²) in [6, 6.07) is 4.95. The fourth-order valence-corrected chi connectivity index (χ4v) is 3.21. The highest BCUT2D eigenvalue weighted by molar-refractivity contribution is 7.89. The van der Waals surface area contributed by atoms with Crippen LogP contribution in [-0.2, 0) is 10.0 Å². The number of sulfonamides is 1. The van der Waals surface area contributed by atoms with Gasteiger partial charge in [-0.15, -0.1) is 10.2 Å². The molecule has 0 amide bonds. The van der Waals surface area contributed by atoms with Crippen molar-refractivity contribution < 1.29 is 8.42 Å². The average molecular weight is 306 g/mol. The lowest BCUT2D eigenvalue weighted by molar-refractivity contribution is 0.555. The standard InChI is InChI=1S/C12H14N6O2S/c1-8(12-16-15-10-5-3-4-6-18(10)12)17-21(19,20)11-7-13-9(2)14-11/h3-8,17H,1-2H3,(H,13,14). The number of aromatic amines is 1. The topological polar surface area (TPSA) is 105 Å². The first-order valence-corrected chi connectivity index (χ1v) is 7.79. The highest BCUT2D eigenvalue weighted by atomic mass is 32.2. The van der Waals surface area contributed by atoms with E-state index in [0.717, 1.165) is 0 Å². The first-order chi connectivity index (χ1) is 9.97. The lowest BCUT2D eigenvalue weighted by Gasteiger charge is -2.11. The number of nitrogens with one attached hydrogen (secondary N) is 2. The maximum absolute atomic E-state index is 12.2. The van der Waals surface area contributed by atoms with Crippen LogP contribution in [0.15, 0.2) is 35.6 Å². The zero-order valence-electron chi connectivity index (χ0n) is 11.5. The van der Waals surface area contributed by atoms with E-state index in [1.54, 1.807) is 30.5 Å². The van der Waals surface area contributed by atoms with Gasteiger partial charge in [-0.3, -0.25) is 4.40 Å². The van der Waals surface area contributed by atoms with Crippen LogP contribution in [0.3, 0.4) is 0 Å². The molecule has 3 rings (SSSR count). The number of imidazole rings is 1. The molecule has 0 aliphatic carbocycles. The third-order valence-electron chi connectivity index (χ3n) is 3.03. The van der Waals surface area contributed by atoms with E-state index in [9.17, 15) is 8.42 Å². The number of hydrogen-bond acceptors (Lipinski definition) is 5. The average Bonchev–Trinajstić information content (AvgIpc) is 3.04. The molecule has 0 spiro atoms. The monoisotopic (exact) mass is 306 g/mol. The van der Waals surface area contributed by atoms with Gasteiger partial charge in [-0.2, -0.15) is 4.72 Å². The molecule has 0 fully saturated rings. The van der Waals surface area contributed by atoms with Crippen molar-refractivity contribution in [2.75, 3.05) is 0 Å². The van der Waals surface area contributed by atoms with Crippen molar-refractivity contribution in [1.82, 2.24) is 29.3 Å². The van der Waals surface area contributed by atoms with Gasteiger partial charge in [-0.25, -0.2) is 13.4 Å². The van der Waals surface area contributed by atoms with Gasteiger partial charge in [0.15, 0.2) is 16.5 Å². The summed E-state index contributed by atoms with van der Waals surface area (Å²) < 4.78 is 28.8. The molecule has 0 aromatic carbocycles. The van der Waals surface area contributed by atoms with Crippen LogP contribution >= 0.6 is 0 Å². The Balaban J connectivity index is 1.91. The lowest BCUT2D eigenvalue weighted by atomic mass is 10.3. The quantitative estimate of drug-likeness (QED) is 0.742. The molecular formula is C12H14N6O2S. The van der Waals surface area contributed by atoms with E-state index in [2.05, 4.69) is 24.9 Å². The lowest BCUT2D eigenvalue weighted by Crippen LogP contribution is -2.28. The summed E-state index contributed by atoms with van der Waals surface area (Å²) in [7, 11) is -3.68. The first kappa shape index (κ1) is 13.7. The fraction of sp³-hybridized carbons (Fsp3) is 0.250. The summed E-state index contributed by atoms with van der Waals surface area (Å²) in [6.07, 6.45) is 3.07. The fourth-order valence-electron chi connectivity index (χ4n) is 2.04. The molecule has 1 unspecified atom stereocenters. The van der Waals surface area contributed by atoms with Crippen molar-refractivity contribution in [1.29, 1.82) is 0 Å². The van der Waals surface area contributed by atoms with Crippen molar-refractivity contribution in [2.45, 2.75) is 24.9 Å². The largest absolute Gasteiger partial charge is 0.332 e. The molecule has 0 bridgehead atoms. The Hall–Kier alpha value is -2.26. The summed E-state index contributed by atoms with van der Waals surface area (Å²) in [5.41, 5.74) is 0.663. The van der Waals surface area contributed by atoms with Crippen LogP contribution in [0.5, 0.6) is 0 Å². The minimum absolute atomic E-state index is 0.0284. The Kier molecular flexibility index (Phi) is 3.22. The van der Waals surface area contributed by atoms with E-state index in [1.807, 2.05) is 12.1 Å². The number of hydrogen-bond donors (Lipinski definition) is 2. The van der Waals surface area contributed by atoms with Crippen molar-refractivity contribution in [3.05, 3.63) is 42.2 Å². The van der Waals surface area contributed by atoms with Crippen molar-refractivity contribution in [3.8, 4) is 0 Å². The van der Waals surface area contributed by atoms with Gasteiger partial charge in [-0.1, -0.05) is 6.07 Å². The number of nitrogens with zero attached hydrogens (tertiary/aromatic N) is 4. The van der Waals surface area contributed by atoms with Crippen molar-refractivity contribution >= 4 is 15.7 Å². The smallest absolute Gasteiger partial charge is 0.258 e. The molecule has 0 aliphatic heterocycles. The minimum atomic E-state index is -3.68. The second kappa shape index (κ2) is 4.93. The summed E-state index contributed by atoms with van der Waals surface area (Å²) in [4.78, 5) is 6.59. The van der Waals surface area contributed by atoms with Crippen LogP contribution < -0.4 is 4.72 Å². The zero-order chi connectivity index (χ0) is 15.0. The van der Waals surface area contributed by atoms with Crippen LogP contribution in [0.4, 0.5) is 0 Å². The van der Waals surface area contributed by atoms with Crippen LogP contribution in [0.2, 0.25) is 0 Å². The number of aryl methyl sites for hydroxylation is 1.